The largest absolute Gasteiger partial charge is 0.373 e. The van der Waals surface area contributed by atoms with Gasteiger partial charge in [-0.1, -0.05) is 11.6 Å². The number of fused-ring (bicyclic) bond motifs is 1. The lowest BCUT2D eigenvalue weighted by atomic mass is 10.0. The molecule has 1 saturated heterocycles. The number of benzene rings is 1. The minimum Gasteiger partial charge on any atom is -0.373 e. The molecule has 1 N–H and O–H groups in total. The third kappa shape index (κ3) is 3.01. The zero-order valence-corrected chi connectivity index (χ0v) is 15.5. The summed E-state index contributed by atoms with van der Waals surface area (Å²) in [5.41, 5.74) is 2.61. The first-order chi connectivity index (χ1) is 12.5. The summed E-state index contributed by atoms with van der Waals surface area (Å²) in [5.74, 6) is 0.906. The molecule has 3 aromatic rings. The summed E-state index contributed by atoms with van der Waals surface area (Å²) in [6.07, 6.45) is 3.46. The maximum atomic E-state index is 13.1. The number of aryl methyl sites for hydroxylation is 2. The van der Waals surface area contributed by atoms with Crippen molar-refractivity contribution in [2.75, 3.05) is 16.8 Å². The smallest absolute Gasteiger partial charge is 0.250 e. The van der Waals surface area contributed by atoms with Gasteiger partial charge in [0.25, 0.3) is 5.91 Å². The lowest BCUT2D eigenvalue weighted by molar-refractivity contribution is -0.120. The topological polar surface area (TPSA) is 63.1 Å². The fourth-order valence-electron chi connectivity index (χ4n) is 3.52. The molecule has 1 aliphatic rings. The zero-order chi connectivity index (χ0) is 18.3. The van der Waals surface area contributed by atoms with E-state index in [1.165, 1.54) is 0 Å². The Labute approximate surface area is 156 Å². The van der Waals surface area contributed by atoms with Gasteiger partial charge >= 0.3 is 0 Å². The Kier molecular flexibility index (Phi) is 4.28. The first kappa shape index (κ1) is 16.8. The number of nitrogens with one attached hydrogen (secondary N) is 1. The molecule has 3 heterocycles. The molecule has 0 aliphatic carbocycles. The van der Waals surface area contributed by atoms with E-state index in [-0.39, 0.29) is 11.9 Å². The molecule has 1 aromatic carbocycles. The standard InChI is InChI=1S/C19H20ClN5O/c1-12-10-18(24(2)23-12)25-9-3-4-16(19(25)26)22-15-7-8-21-17-11-13(20)5-6-14(15)17/h5-8,10-11,16H,3-4,9H2,1-2H3,(H,21,22). The lowest BCUT2D eigenvalue weighted by Crippen LogP contribution is -2.48. The van der Waals surface area contributed by atoms with Gasteiger partial charge in [-0.2, -0.15) is 5.10 Å². The van der Waals surface area contributed by atoms with E-state index in [1.807, 2.05) is 49.2 Å². The highest BCUT2D eigenvalue weighted by atomic mass is 35.5. The minimum absolute atomic E-state index is 0.0678. The van der Waals surface area contributed by atoms with Crippen molar-refractivity contribution in [1.82, 2.24) is 14.8 Å². The molecule has 0 radical (unpaired) electrons. The quantitative estimate of drug-likeness (QED) is 0.767. The van der Waals surface area contributed by atoms with Crippen molar-refractivity contribution in [2.24, 2.45) is 7.05 Å². The van der Waals surface area contributed by atoms with Crippen LogP contribution in [0.5, 0.6) is 0 Å². The van der Waals surface area contributed by atoms with Crippen LogP contribution < -0.4 is 10.2 Å². The number of carbonyl (C=O) groups excluding carboxylic acids is 1. The molecule has 134 valence electrons. The molecule has 7 heteroatoms. The van der Waals surface area contributed by atoms with Gasteiger partial charge in [0.2, 0.25) is 0 Å². The molecule has 2 aromatic heterocycles. The first-order valence-corrected chi connectivity index (χ1v) is 9.03. The molecule has 1 amide bonds. The molecular formula is C19H20ClN5O. The predicted octanol–water partition coefficient (Wildman–Crippen LogP) is 3.54. The van der Waals surface area contributed by atoms with Gasteiger partial charge in [0.05, 0.1) is 11.2 Å². The highest BCUT2D eigenvalue weighted by molar-refractivity contribution is 6.31. The maximum Gasteiger partial charge on any atom is 0.250 e. The molecule has 1 unspecified atom stereocenters. The van der Waals surface area contributed by atoms with E-state index in [9.17, 15) is 4.79 Å². The van der Waals surface area contributed by atoms with Gasteiger partial charge in [0, 0.05) is 42.0 Å². The zero-order valence-electron chi connectivity index (χ0n) is 14.7. The summed E-state index contributed by atoms with van der Waals surface area (Å²) in [4.78, 5) is 19.2. The molecule has 0 saturated carbocycles. The first-order valence-electron chi connectivity index (χ1n) is 8.66. The number of aromatic nitrogens is 3. The Morgan fingerprint density at radius 3 is 2.88 bits per heavy atom. The van der Waals surface area contributed by atoms with Gasteiger partial charge in [-0.25, -0.2) is 0 Å². The van der Waals surface area contributed by atoms with Crippen LogP contribution in [0, 0.1) is 6.92 Å². The van der Waals surface area contributed by atoms with E-state index in [2.05, 4.69) is 15.4 Å². The summed E-state index contributed by atoms with van der Waals surface area (Å²) < 4.78 is 1.76. The van der Waals surface area contributed by atoms with Gasteiger partial charge in [0.15, 0.2) is 0 Å². The Bertz CT molecular complexity index is 983. The second kappa shape index (κ2) is 6.61. The van der Waals surface area contributed by atoms with E-state index < -0.39 is 0 Å². The summed E-state index contributed by atoms with van der Waals surface area (Å²) in [6.45, 7) is 2.64. The van der Waals surface area contributed by atoms with Crippen LogP contribution in [0.25, 0.3) is 10.9 Å². The molecule has 0 spiro atoms. The van der Waals surface area contributed by atoms with Crippen molar-refractivity contribution < 1.29 is 4.79 Å². The molecule has 4 rings (SSSR count). The summed E-state index contributed by atoms with van der Waals surface area (Å²) in [6, 6.07) is 9.17. The van der Waals surface area contributed by atoms with E-state index in [1.54, 1.807) is 10.9 Å². The molecule has 1 aliphatic heterocycles. The average Bonchev–Trinajstić information content (AvgIpc) is 2.95. The molecule has 6 nitrogen and oxygen atoms in total. The highest BCUT2D eigenvalue weighted by Gasteiger charge is 2.31. The van der Waals surface area contributed by atoms with E-state index >= 15 is 0 Å². The van der Waals surface area contributed by atoms with Crippen LogP contribution in [-0.4, -0.2) is 33.3 Å². The van der Waals surface area contributed by atoms with Crippen LogP contribution in [-0.2, 0) is 11.8 Å². The number of rotatable bonds is 3. The molecule has 1 fully saturated rings. The lowest BCUT2D eigenvalue weighted by Gasteiger charge is -2.33. The van der Waals surface area contributed by atoms with Gasteiger partial charge in [-0.3, -0.25) is 19.4 Å². The normalized spacial score (nSPS) is 17.7. The Hall–Kier alpha value is -2.60. The van der Waals surface area contributed by atoms with Gasteiger partial charge in [-0.15, -0.1) is 0 Å². The van der Waals surface area contributed by atoms with Crippen molar-refractivity contribution in [3.63, 3.8) is 0 Å². The number of pyridine rings is 1. The van der Waals surface area contributed by atoms with Crippen LogP contribution in [0.15, 0.2) is 36.5 Å². The van der Waals surface area contributed by atoms with E-state index in [0.717, 1.165) is 40.9 Å². The van der Waals surface area contributed by atoms with Crippen molar-refractivity contribution in [3.05, 3.63) is 47.2 Å². The second-order valence-corrected chi connectivity index (χ2v) is 7.05. The van der Waals surface area contributed by atoms with Gasteiger partial charge in [-0.05, 0) is 44.0 Å². The molecule has 26 heavy (non-hydrogen) atoms. The third-order valence-electron chi connectivity index (χ3n) is 4.73. The molecular weight excluding hydrogens is 350 g/mol. The number of piperidine rings is 1. The Balaban J connectivity index is 1.62. The fourth-order valence-corrected chi connectivity index (χ4v) is 3.69. The van der Waals surface area contributed by atoms with Crippen LogP contribution in [0.2, 0.25) is 5.02 Å². The number of carbonyl (C=O) groups is 1. The summed E-state index contributed by atoms with van der Waals surface area (Å²) in [5, 5.41) is 9.38. The van der Waals surface area contributed by atoms with Crippen molar-refractivity contribution in [2.45, 2.75) is 25.8 Å². The van der Waals surface area contributed by atoms with Crippen LogP contribution in [0.1, 0.15) is 18.5 Å². The fraction of sp³-hybridized carbons (Fsp3) is 0.316. The average molecular weight is 370 g/mol. The second-order valence-electron chi connectivity index (χ2n) is 6.62. The van der Waals surface area contributed by atoms with Crippen LogP contribution >= 0.6 is 11.6 Å². The number of anilines is 2. The highest BCUT2D eigenvalue weighted by Crippen LogP contribution is 2.28. The SMILES string of the molecule is Cc1cc(N2CCCC(Nc3ccnc4cc(Cl)ccc34)C2=O)n(C)n1. The van der Waals surface area contributed by atoms with E-state index in [4.69, 9.17) is 11.6 Å². The predicted molar refractivity (Wildman–Crippen MR) is 104 cm³/mol. The van der Waals surface area contributed by atoms with Gasteiger partial charge in [0.1, 0.15) is 11.9 Å². The van der Waals surface area contributed by atoms with Crippen molar-refractivity contribution in [1.29, 1.82) is 0 Å². The van der Waals surface area contributed by atoms with Crippen molar-refractivity contribution in [3.8, 4) is 0 Å². The minimum atomic E-state index is -0.278. The molecule has 0 bridgehead atoms. The Morgan fingerprint density at radius 2 is 2.12 bits per heavy atom. The van der Waals surface area contributed by atoms with E-state index in [0.29, 0.717) is 11.6 Å². The number of hydrogen-bond donors (Lipinski definition) is 1. The van der Waals surface area contributed by atoms with Crippen LogP contribution in [0.4, 0.5) is 11.5 Å². The van der Waals surface area contributed by atoms with Gasteiger partial charge < -0.3 is 5.32 Å². The summed E-state index contributed by atoms with van der Waals surface area (Å²) in [7, 11) is 1.87. The summed E-state index contributed by atoms with van der Waals surface area (Å²) >= 11 is 6.06. The number of nitrogens with zero attached hydrogens (tertiary/aromatic N) is 4. The maximum absolute atomic E-state index is 13.1. The van der Waals surface area contributed by atoms with Crippen LogP contribution in [0.3, 0.4) is 0 Å². The third-order valence-corrected chi connectivity index (χ3v) is 4.96. The monoisotopic (exact) mass is 369 g/mol. The number of amides is 1. The van der Waals surface area contributed by atoms with Crippen molar-refractivity contribution >= 4 is 39.9 Å². The Morgan fingerprint density at radius 1 is 1.27 bits per heavy atom. The number of halogens is 1. The molecule has 1 atom stereocenters. The number of hydrogen-bond acceptors (Lipinski definition) is 4.